The Balaban J connectivity index is 1.72. The van der Waals surface area contributed by atoms with Crippen molar-refractivity contribution < 1.29 is 18.3 Å². The molecule has 0 radical (unpaired) electrons. The van der Waals surface area contributed by atoms with Crippen molar-refractivity contribution in [3.8, 4) is 0 Å². The summed E-state index contributed by atoms with van der Waals surface area (Å²) in [4.78, 5) is 12.9. The molecule has 2 heterocycles. The van der Waals surface area contributed by atoms with Gasteiger partial charge in [-0.15, -0.1) is 11.3 Å². The van der Waals surface area contributed by atoms with Crippen LogP contribution in [-0.4, -0.2) is 12.6 Å². The van der Waals surface area contributed by atoms with E-state index in [9.17, 15) is 9.18 Å². The van der Waals surface area contributed by atoms with Gasteiger partial charge in [0.05, 0.1) is 18.9 Å². The summed E-state index contributed by atoms with van der Waals surface area (Å²) in [6.45, 7) is 2.31. The van der Waals surface area contributed by atoms with Gasteiger partial charge in [0.2, 0.25) is 0 Å². The maximum Gasteiger partial charge on any atom is 0.348 e. The molecule has 148 valence electrons. The smallest absolute Gasteiger partial charge is 0.348 e. The van der Waals surface area contributed by atoms with E-state index >= 15 is 0 Å². The van der Waals surface area contributed by atoms with Gasteiger partial charge in [0.15, 0.2) is 0 Å². The second-order valence-electron chi connectivity index (χ2n) is 6.48. The first-order chi connectivity index (χ1) is 14.2. The first-order valence-electron chi connectivity index (χ1n) is 9.37. The Morgan fingerprint density at radius 2 is 1.97 bits per heavy atom. The highest BCUT2D eigenvalue weighted by atomic mass is 32.1. The summed E-state index contributed by atoms with van der Waals surface area (Å²) < 4.78 is 26.2. The number of fused-ring (bicyclic) bond motifs is 1. The fourth-order valence-electron chi connectivity index (χ4n) is 3.39. The molecule has 0 saturated carbocycles. The van der Waals surface area contributed by atoms with E-state index in [1.54, 1.807) is 19.3 Å². The summed E-state index contributed by atoms with van der Waals surface area (Å²) in [6, 6.07) is 18.2. The van der Waals surface area contributed by atoms with Gasteiger partial charge in [0.25, 0.3) is 0 Å². The molecule has 0 fully saturated rings. The first kappa shape index (κ1) is 19.4. The molecule has 4 nitrogen and oxygen atoms in total. The molecular weight excluding hydrogens is 389 g/mol. The molecular formula is C23H20FNO3S. The summed E-state index contributed by atoms with van der Waals surface area (Å²) in [7, 11) is 0. The van der Waals surface area contributed by atoms with Crippen molar-refractivity contribution in [2.75, 3.05) is 6.61 Å². The van der Waals surface area contributed by atoms with E-state index in [1.165, 1.54) is 17.4 Å². The van der Waals surface area contributed by atoms with Crippen LogP contribution in [0.4, 0.5) is 4.39 Å². The lowest BCUT2D eigenvalue weighted by Gasteiger charge is -2.17. The Hall–Kier alpha value is -2.96. The van der Waals surface area contributed by atoms with Gasteiger partial charge in [-0.05, 0) is 36.8 Å². The third-order valence-corrected chi connectivity index (χ3v) is 5.84. The number of carbonyl (C=O) groups excluding carboxylic acids is 1. The van der Waals surface area contributed by atoms with Gasteiger partial charge in [-0.25, -0.2) is 9.18 Å². The molecule has 6 heteroatoms. The van der Waals surface area contributed by atoms with Crippen molar-refractivity contribution in [2.24, 2.45) is 0 Å². The Kier molecular flexibility index (Phi) is 5.74. The van der Waals surface area contributed by atoms with Crippen molar-refractivity contribution in [3.63, 3.8) is 0 Å². The number of esters is 1. The summed E-state index contributed by atoms with van der Waals surface area (Å²) in [5.74, 6) is -0.0339. The summed E-state index contributed by atoms with van der Waals surface area (Å²) >= 11 is 1.25. The van der Waals surface area contributed by atoms with E-state index in [1.807, 2.05) is 48.5 Å². The molecule has 0 aliphatic carbocycles. The van der Waals surface area contributed by atoms with E-state index in [4.69, 9.17) is 9.15 Å². The van der Waals surface area contributed by atoms with Crippen LogP contribution in [0.5, 0.6) is 0 Å². The zero-order valence-electron chi connectivity index (χ0n) is 15.9. The number of nitrogens with one attached hydrogen (secondary N) is 1. The molecule has 1 N–H and O–H groups in total. The van der Waals surface area contributed by atoms with Crippen LogP contribution in [0.3, 0.4) is 0 Å². The zero-order chi connectivity index (χ0) is 20.2. The third-order valence-electron chi connectivity index (χ3n) is 4.67. The molecule has 0 bridgehead atoms. The van der Waals surface area contributed by atoms with Gasteiger partial charge in [-0.1, -0.05) is 36.4 Å². The molecule has 29 heavy (non-hydrogen) atoms. The lowest BCUT2D eigenvalue weighted by molar-refractivity contribution is 0.0531. The molecule has 0 unspecified atom stereocenters. The predicted molar refractivity (Wildman–Crippen MR) is 112 cm³/mol. The molecule has 1 atom stereocenters. The van der Waals surface area contributed by atoms with Gasteiger partial charge in [-0.3, -0.25) is 5.32 Å². The average Bonchev–Trinajstić information content (AvgIpc) is 3.38. The molecule has 2 aromatic heterocycles. The van der Waals surface area contributed by atoms with Gasteiger partial charge < -0.3 is 9.15 Å². The van der Waals surface area contributed by atoms with Crippen LogP contribution in [-0.2, 0) is 11.3 Å². The summed E-state index contributed by atoms with van der Waals surface area (Å²) in [5, 5.41) is 3.89. The van der Waals surface area contributed by atoms with Crippen LogP contribution in [0.1, 0.15) is 39.5 Å². The summed E-state index contributed by atoms with van der Waals surface area (Å²) in [5.41, 5.74) is 1.62. The Bertz CT molecular complexity index is 1110. The molecule has 4 aromatic rings. The van der Waals surface area contributed by atoms with Crippen LogP contribution < -0.4 is 5.32 Å². The lowest BCUT2D eigenvalue weighted by atomic mass is 10.0. The maximum atomic E-state index is 14.6. The second kappa shape index (κ2) is 8.59. The highest BCUT2D eigenvalue weighted by molar-refractivity contribution is 7.21. The summed E-state index contributed by atoms with van der Waals surface area (Å²) in [6.07, 6.45) is 1.62. The topological polar surface area (TPSA) is 51.5 Å². The fraction of sp³-hybridized carbons (Fsp3) is 0.174. The number of hydrogen-bond donors (Lipinski definition) is 1. The Labute approximate surface area is 171 Å². The number of hydrogen-bond acceptors (Lipinski definition) is 5. The highest BCUT2D eigenvalue weighted by Crippen LogP contribution is 2.34. The first-order valence-corrected chi connectivity index (χ1v) is 10.2. The number of thiophene rings is 1. The van der Waals surface area contributed by atoms with Crippen LogP contribution in [0.25, 0.3) is 10.1 Å². The van der Waals surface area contributed by atoms with E-state index in [0.29, 0.717) is 15.8 Å². The standard InChI is InChI=1S/C23H20FNO3S/c1-2-27-23(26)22-16(20-17(24)10-6-12-19(20)29-22)14-25-21(18-11-7-13-28-18)15-8-4-3-5-9-15/h3-13,21,25H,2,14H2,1H3/t21-/m0/s1. The van der Waals surface area contributed by atoms with Gasteiger partial charge in [0, 0.05) is 22.2 Å². The largest absolute Gasteiger partial charge is 0.467 e. The molecule has 0 saturated heterocycles. The minimum Gasteiger partial charge on any atom is -0.467 e. The number of furan rings is 1. The van der Waals surface area contributed by atoms with Crippen molar-refractivity contribution in [1.82, 2.24) is 5.32 Å². The highest BCUT2D eigenvalue weighted by Gasteiger charge is 2.24. The number of carbonyl (C=O) groups is 1. The normalized spacial score (nSPS) is 12.2. The fourth-order valence-corrected chi connectivity index (χ4v) is 4.51. The van der Waals surface area contributed by atoms with Crippen molar-refractivity contribution >= 4 is 27.4 Å². The van der Waals surface area contributed by atoms with E-state index in [2.05, 4.69) is 5.32 Å². The maximum absolute atomic E-state index is 14.6. The van der Waals surface area contributed by atoms with Gasteiger partial charge >= 0.3 is 5.97 Å². The number of halogens is 1. The van der Waals surface area contributed by atoms with Crippen LogP contribution >= 0.6 is 11.3 Å². The lowest BCUT2D eigenvalue weighted by Crippen LogP contribution is -2.22. The van der Waals surface area contributed by atoms with E-state index in [-0.39, 0.29) is 25.0 Å². The number of benzene rings is 2. The van der Waals surface area contributed by atoms with Crippen LogP contribution in [0.15, 0.2) is 71.3 Å². The minimum atomic E-state index is -0.431. The average molecular weight is 409 g/mol. The van der Waals surface area contributed by atoms with E-state index in [0.717, 1.165) is 16.0 Å². The minimum absolute atomic E-state index is 0.233. The van der Waals surface area contributed by atoms with Gasteiger partial charge in [-0.2, -0.15) is 0 Å². The molecule has 0 amide bonds. The molecule has 0 aliphatic heterocycles. The predicted octanol–water partition coefficient (Wildman–Crippen LogP) is 5.69. The van der Waals surface area contributed by atoms with Crippen LogP contribution in [0.2, 0.25) is 0 Å². The SMILES string of the molecule is CCOC(=O)c1sc2cccc(F)c2c1CN[C@@H](c1ccccc1)c1ccco1. The number of rotatable bonds is 7. The third kappa shape index (κ3) is 3.95. The Morgan fingerprint density at radius 3 is 2.69 bits per heavy atom. The van der Waals surface area contributed by atoms with Gasteiger partial charge in [0.1, 0.15) is 16.5 Å². The van der Waals surface area contributed by atoms with E-state index < -0.39 is 5.97 Å². The quantitative estimate of drug-likeness (QED) is 0.399. The second-order valence-corrected chi connectivity index (χ2v) is 7.54. The molecule has 2 aromatic carbocycles. The van der Waals surface area contributed by atoms with Crippen molar-refractivity contribution in [1.29, 1.82) is 0 Å². The molecule has 0 aliphatic rings. The molecule has 4 rings (SSSR count). The van der Waals surface area contributed by atoms with Crippen molar-refractivity contribution in [2.45, 2.75) is 19.5 Å². The van der Waals surface area contributed by atoms with Crippen molar-refractivity contribution in [3.05, 3.63) is 94.5 Å². The monoisotopic (exact) mass is 409 g/mol. The van der Waals surface area contributed by atoms with Crippen LogP contribution in [0, 0.1) is 5.82 Å². The Morgan fingerprint density at radius 1 is 1.14 bits per heavy atom. The zero-order valence-corrected chi connectivity index (χ0v) is 16.7. The number of ether oxygens (including phenoxy) is 1. The molecule has 0 spiro atoms.